The molecule has 82 valence electrons. The van der Waals surface area contributed by atoms with Crippen LogP contribution >= 0.6 is 0 Å². The monoisotopic (exact) mass is 198 g/mol. The molecule has 0 amide bonds. The third-order valence-electron chi connectivity index (χ3n) is 3.69. The van der Waals surface area contributed by atoms with Crippen molar-refractivity contribution in [2.75, 3.05) is 14.2 Å². The first-order valence-electron chi connectivity index (χ1n) is 5.17. The predicted octanol–water partition coefficient (Wildman–Crippen LogP) is 2.99. The van der Waals surface area contributed by atoms with E-state index in [2.05, 4.69) is 27.7 Å². The molecule has 0 aromatic heterocycles. The van der Waals surface area contributed by atoms with E-state index in [9.17, 15) is 0 Å². The van der Waals surface area contributed by atoms with Crippen molar-refractivity contribution in [3.63, 3.8) is 0 Å². The molecule has 0 aromatic carbocycles. The summed E-state index contributed by atoms with van der Waals surface area (Å²) >= 11 is 0. The highest BCUT2D eigenvalue weighted by molar-refractivity contribution is 5.26. The Morgan fingerprint density at radius 3 is 2.00 bits per heavy atom. The number of hydrogen-bond acceptors (Lipinski definition) is 2. The minimum absolute atomic E-state index is 0.0910. The Morgan fingerprint density at radius 1 is 1.21 bits per heavy atom. The van der Waals surface area contributed by atoms with Gasteiger partial charge in [-0.3, -0.25) is 0 Å². The molecule has 0 N–H and O–H groups in total. The second kappa shape index (κ2) is 4.03. The first-order valence-corrected chi connectivity index (χ1v) is 5.17. The quantitative estimate of drug-likeness (QED) is 0.512. The fraction of sp³-hybridized carbons (Fsp3) is 0.833. The van der Waals surface area contributed by atoms with Crippen molar-refractivity contribution >= 4 is 0 Å². The average molecular weight is 198 g/mol. The summed E-state index contributed by atoms with van der Waals surface area (Å²) in [5, 5.41) is 0. The van der Waals surface area contributed by atoms with Gasteiger partial charge in [-0.2, -0.15) is 0 Å². The van der Waals surface area contributed by atoms with Gasteiger partial charge < -0.3 is 9.47 Å². The molecule has 14 heavy (non-hydrogen) atoms. The van der Waals surface area contributed by atoms with Gasteiger partial charge in [0.05, 0.1) is 0 Å². The van der Waals surface area contributed by atoms with E-state index in [0.717, 1.165) is 6.42 Å². The van der Waals surface area contributed by atoms with Crippen LogP contribution < -0.4 is 0 Å². The lowest BCUT2D eigenvalue weighted by molar-refractivity contribution is -0.130. The first kappa shape index (κ1) is 11.7. The topological polar surface area (TPSA) is 18.5 Å². The van der Waals surface area contributed by atoms with E-state index in [1.807, 2.05) is 0 Å². The van der Waals surface area contributed by atoms with Crippen molar-refractivity contribution in [3.8, 4) is 0 Å². The summed E-state index contributed by atoms with van der Waals surface area (Å²) < 4.78 is 10.7. The van der Waals surface area contributed by atoms with Gasteiger partial charge in [-0.1, -0.05) is 25.0 Å². The maximum absolute atomic E-state index is 5.34. The molecule has 0 fully saturated rings. The van der Waals surface area contributed by atoms with Crippen LogP contribution in [0, 0.1) is 11.3 Å². The second-order valence-electron chi connectivity index (χ2n) is 4.84. The molecule has 0 saturated heterocycles. The highest BCUT2D eigenvalue weighted by atomic mass is 16.7. The van der Waals surface area contributed by atoms with Gasteiger partial charge in [0.15, 0.2) is 6.29 Å². The number of methoxy groups -OCH3 is 2. The lowest BCUT2D eigenvalue weighted by Crippen LogP contribution is -2.25. The SMILES string of the molecule is COC(OC)C1CC(C)(C)C(C)=C1C. The summed E-state index contributed by atoms with van der Waals surface area (Å²) in [5.74, 6) is 0.417. The van der Waals surface area contributed by atoms with Crippen molar-refractivity contribution in [1.29, 1.82) is 0 Å². The van der Waals surface area contributed by atoms with Crippen LogP contribution in [0.4, 0.5) is 0 Å². The van der Waals surface area contributed by atoms with Crippen molar-refractivity contribution < 1.29 is 9.47 Å². The predicted molar refractivity (Wildman–Crippen MR) is 58.1 cm³/mol. The molecule has 0 heterocycles. The molecule has 0 aliphatic heterocycles. The number of allylic oxidation sites excluding steroid dienone is 1. The van der Waals surface area contributed by atoms with Gasteiger partial charge in [-0.15, -0.1) is 0 Å². The fourth-order valence-electron chi connectivity index (χ4n) is 2.39. The molecule has 0 radical (unpaired) electrons. The summed E-state index contributed by atoms with van der Waals surface area (Å²) in [7, 11) is 3.42. The molecule has 0 aromatic rings. The van der Waals surface area contributed by atoms with Crippen molar-refractivity contribution in [3.05, 3.63) is 11.1 Å². The van der Waals surface area contributed by atoms with Crippen LogP contribution in [0.5, 0.6) is 0 Å². The molecule has 2 heteroatoms. The molecular formula is C12H22O2. The number of hydrogen-bond donors (Lipinski definition) is 0. The van der Waals surface area contributed by atoms with Crippen molar-refractivity contribution in [2.24, 2.45) is 11.3 Å². The molecule has 1 atom stereocenters. The van der Waals surface area contributed by atoms with Crippen LogP contribution in [0.25, 0.3) is 0 Å². The van der Waals surface area contributed by atoms with E-state index in [0.29, 0.717) is 11.3 Å². The minimum Gasteiger partial charge on any atom is -0.355 e. The Balaban J connectivity index is 2.87. The molecule has 1 unspecified atom stereocenters. The zero-order valence-corrected chi connectivity index (χ0v) is 10.2. The standard InChI is InChI=1S/C12H22O2/c1-8-9(2)12(3,4)7-10(8)11(13-5)14-6/h10-11H,7H2,1-6H3. The fourth-order valence-corrected chi connectivity index (χ4v) is 2.39. The van der Waals surface area contributed by atoms with Crippen LogP contribution in [-0.4, -0.2) is 20.5 Å². The maximum Gasteiger partial charge on any atom is 0.163 e. The molecule has 0 spiro atoms. The Bertz CT molecular complexity index is 237. The molecule has 0 saturated carbocycles. The molecule has 1 rings (SSSR count). The van der Waals surface area contributed by atoms with E-state index in [1.165, 1.54) is 11.1 Å². The van der Waals surface area contributed by atoms with Gasteiger partial charge in [-0.25, -0.2) is 0 Å². The zero-order valence-electron chi connectivity index (χ0n) is 10.2. The molecular weight excluding hydrogens is 176 g/mol. The van der Waals surface area contributed by atoms with E-state index in [-0.39, 0.29) is 6.29 Å². The Labute approximate surface area is 87.3 Å². The lowest BCUT2D eigenvalue weighted by Gasteiger charge is -2.25. The van der Waals surface area contributed by atoms with Crippen LogP contribution in [0.3, 0.4) is 0 Å². The van der Waals surface area contributed by atoms with Gasteiger partial charge in [0.1, 0.15) is 0 Å². The van der Waals surface area contributed by atoms with Gasteiger partial charge in [-0.05, 0) is 25.7 Å². The van der Waals surface area contributed by atoms with Crippen molar-refractivity contribution in [2.45, 2.75) is 40.4 Å². The highest BCUT2D eigenvalue weighted by Gasteiger charge is 2.38. The van der Waals surface area contributed by atoms with Gasteiger partial charge in [0, 0.05) is 20.1 Å². The normalized spacial score (nSPS) is 26.4. The molecule has 2 nitrogen and oxygen atoms in total. The van der Waals surface area contributed by atoms with E-state index < -0.39 is 0 Å². The van der Waals surface area contributed by atoms with Crippen molar-refractivity contribution in [1.82, 2.24) is 0 Å². The Hall–Kier alpha value is -0.340. The van der Waals surface area contributed by atoms with Gasteiger partial charge >= 0.3 is 0 Å². The molecule has 1 aliphatic carbocycles. The van der Waals surface area contributed by atoms with Crippen LogP contribution in [-0.2, 0) is 9.47 Å². The lowest BCUT2D eigenvalue weighted by atomic mass is 9.85. The first-order chi connectivity index (χ1) is 6.44. The summed E-state index contributed by atoms with van der Waals surface area (Å²) in [5.41, 5.74) is 3.22. The van der Waals surface area contributed by atoms with Gasteiger partial charge in [0.2, 0.25) is 0 Å². The third kappa shape index (κ3) is 1.86. The maximum atomic E-state index is 5.34. The summed E-state index contributed by atoms with van der Waals surface area (Å²) in [6, 6.07) is 0. The summed E-state index contributed by atoms with van der Waals surface area (Å²) in [6.45, 7) is 8.99. The van der Waals surface area contributed by atoms with Gasteiger partial charge in [0.25, 0.3) is 0 Å². The zero-order chi connectivity index (χ0) is 10.9. The highest BCUT2D eigenvalue weighted by Crippen LogP contribution is 2.47. The van der Waals surface area contributed by atoms with E-state index in [1.54, 1.807) is 14.2 Å². The minimum atomic E-state index is -0.0910. The van der Waals surface area contributed by atoms with E-state index in [4.69, 9.17) is 9.47 Å². The largest absolute Gasteiger partial charge is 0.355 e. The number of ether oxygens (including phenoxy) is 2. The van der Waals surface area contributed by atoms with Crippen LogP contribution in [0.1, 0.15) is 34.1 Å². The summed E-state index contributed by atoms with van der Waals surface area (Å²) in [4.78, 5) is 0. The average Bonchev–Trinajstić information content (AvgIpc) is 2.33. The smallest absolute Gasteiger partial charge is 0.163 e. The Morgan fingerprint density at radius 2 is 1.71 bits per heavy atom. The summed E-state index contributed by atoms with van der Waals surface area (Å²) in [6.07, 6.45) is 1.03. The third-order valence-corrected chi connectivity index (χ3v) is 3.69. The van der Waals surface area contributed by atoms with E-state index >= 15 is 0 Å². The second-order valence-corrected chi connectivity index (χ2v) is 4.84. The molecule has 1 aliphatic rings. The van der Waals surface area contributed by atoms with Crippen LogP contribution in [0.15, 0.2) is 11.1 Å². The van der Waals surface area contributed by atoms with Crippen LogP contribution in [0.2, 0.25) is 0 Å². The Kier molecular flexibility index (Phi) is 3.38. The molecule has 0 bridgehead atoms. The number of rotatable bonds is 3.